The molecule has 0 unspecified atom stereocenters. The quantitative estimate of drug-likeness (QED) is 0.696. The summed E-state index contributed by atoms with van der Waals surface area (Å²) in [5.74, 6) is 0.499. The van der Waals surface area contributed by atoms with Crippen molar-refractivity contribution in [2.24, 2.45) is 0 Å². The van der Waals surface area contributed by atoms with E-state index in [0.29, 0.717) is 22.2 Å². The van der Waals surface area contributed by atoms with Crippen LogP contribution in [0.4, 0.5) is 5.69 Å². The Morgan fingerprint density at radius 1 is 1.12 bits per heavy atom. The van der Waals surface area contributed by atoms with Crippen molar-refractivity contribution >= 4 is 23.2 Å². The van der Waals surface area contributed by atoms with Gasteiger partial charge in [-0.2, -0.15) is 5.10 Å². The summed E-state index contributed by atoms with van der Waals surface area (Å²) in [6, 6.07) is 17.2. The lowest BCUT2D eigenvalue weighted by Crippen LogP contribution is -2.15. The fourth-order valence-corrected chi connectivity index (χ4v) is 2.40. The molecule has 132 valence electrons. The minimum absolute atomic E-state index is 0.162. The Bertz CT molecular complexity index is 934. The molecule has 0 bridgehead atoms. The van der Waals surface area contributed by atoms with Crippen molar-refractivity contribution < 1.29 is 9.53 Å². The zero-order chi connectivity index (χ0) is 18.4. The van der Waals surface area contributed by atoms with Crippen LogP contribution in [-0.2, 0) is 4.79 Å². The molecule has 0 aliphatic heterocycles. The molecule has 0 saturated heterocycles. The Morgan fingerprint density at radius 3 is 2.65 bits per heavy atom. The van der Waals surface area contributed by atoms with Gasteiger partial charge in [0.05, 0.1) is 18.7 Å². The van der Waals surface area contributed by atoms with E-state index in [9.17, 15) is 9.59 Å². The van der Waals surface area contributed by atoms with Crippen LogP contribution >= 0.6 is 11.6 Å². The fraction of sp³-hybridized carbons (Fsp3) is 0.105. The second kappa shape index (κ2) is 8.31. The Balaban J connectivity index is 1.55. The summed E-state index contributed by atoms with van der Waals surface area (Å²) in [7, 11) is 0. The molecule has 7 heteroatoms. The predicted molar refractivity (Wildman–Crippen MR) is 100 cm³/mol. The highest BCUT2D eigenvalue weighted by Crippen LogP contribution is 2.20. The van der Waals surface area contributed by atoms with E-state index in [1.807, 2.05) is 12.1 Å². The third kappa shape index (κ3) is 4.94. The summed E-state index contributed by atoms with van der Waals surface area (Å²) in [6.45, 7) is 0.259. The fourth-order valence-electron chi connectivity index (χ4n) is 2.28. The van der Waals surface area contributed by atoms with Crippen LogP contribution < -0.4 is 15.6 Å². The molecular formula is C19H16ClN3O3. The second-order valence-electron chi connectivity index (χ2n) is 5.49. The molecule has 26 heavy (non-hydrogen) atoms. The van der Waals surface area contributed by atoms with E-state index in [1.54, 1.807) is 42.5 Å². The van der Waals surface area contributed by atoms with Crippen molar-refractivity contribution in [1.82, 2.24) is 10.2 Å². The van der Waals surface area contributed by atoms with Crippen LogP contribution in [0.25, 0.3) is 11.3 Å². The Labute approximate surface area is 154 Å². The molecule has 1 aromatic heterocycles. The molecule has 2 N–H and O–H groups in total. The first-order chi connectivity index (χ1) is 12.6. The smallest absolute Gasteiger partial charge is 0.264 e. The van der Waals surface area contributed by atoms with Crippen molar-refractivity contribution in [2.45, 2.75) is 6.42 Å². The Hall–Kier alpha value is -3.12. The van der Waals surface area contributed by atoms with Gasteiger partial charge in [0.1, 0.15) is 5.75 Å². The SMILES string of the molecule is O=C(CCOc1ccc(Cl)cc1)Nc1cccc(-c2ccc(=O)[nH]n2)c1. The lowest BCUT2D eigenvalue weighted by atomic mass is 10.1. The summed E-state index contributed by atoms with van der Waals surface area (Å²) in [5.41, 5.74) is 1.79. The zero-order valence-corrected chi connectivity index (χ0v) is 14.5. The molecule has 0 spiro atoms. The van der Waals surface area contributed by atoms with E-state index in [4.69, 9.17) is 16.3 Å². The summed E-state index contributed by atoms with van der Waals surface area (Å²) in [6.07, 6.45) is 0.212. The van der Waals surface area contributed by atoms with Gasteiger partial charge in [0.25, 0.3) is 5.56 Å². The van der Waals surface area contributed by atoms with Crippen molar-refractivity contribution in [1.29, 1.82) is 0 Å². The monoisotopic (exact) mass is 369 g/mol. The lowest BCUT2D eigenvalue weighted by Gasteiger charge is -2.08. The molecule has 3 rings (SSSR count). The van der Waals surface area contributed by atoms with Crippen LogP contribution in [0.3, 0.4) is 0 Å². The number of aromatic nitrogens is 2. The summed E-state index contributed by atoms with van der Waals surface area (Å²) in [5, 5.41) is 9.82. The zero-order valence-electron chi connectivity index (χ0n) is 13.7. The number of ether oxygens (including phenoxy) is 1. The number of nitrogens with one attached hydrogen (secondary N) is 2. The molecule has 1 heterocycles. The lowest BCUT2D eigenvalue weighted by molar-refractivity contribution is -0.116. The summed E-state index contributed by atoms with van der Waals surface area (Å²) >= 11 is 5.81. The van der Waals surface area contributed by atoms with Gasteiger partial charge >= 0.3 is 0 Å². The molecule has 1 amide bonds. The third-order valence-electron chi connectivity index (χ3n) is 3.53. The number of halogens is 1. The molecule has 0 aliphatic rings. The highest BCUT2D eigenvalue weighted by Gasteiger charge is 2.06. The first-order valence-corrected chi connectivity index (χ1v) is 8.32. The molecule has 0 aliphatic carbocycles. The van der Waals surface area contributed by atoms with Gasteiger partial charge in [-0.3, -0.25) is 9.59 Å². The number of rotatable bonds is 6. The topological polar surface area (TPSA) is 84.1 Å². The van der Waals surface area contributed by atoms with Crippen molar-refractivity contribution in [3.63, 3.8) is 0 Å². The number of H-pyrrole nitrogens is 1. The van der Waals surface area contributed by atoms with Crippen LogP contribution in [0.5, 0.6) is 5.75 Å². The van der Waals surface area contributed by atoms with E-state index in [0.717, 1.165) is 5.56 Å². The molecule has 0 radical (unpaired) electrons. The number of amides is 1. The molecule has 6 nitrogen and oxygen atoms in total. The number of hydrogen-bond acceptors (Lipinski definition) is 4. The molecule has 0 fully saturated rings. The van der Waals surface area contributed by atoms with Crippen LogP contribution in [0.2, 0.25) is 5.02 Å². The molecule has 2 aromatic carbocycles. The van der Waals surface area contributed by atoms with E-state index in [1.165, 1.54) is 6.07 Å². The van der Waals surface area contributed by atoms with E-state index in [2.05, 4.69) is 15.5 Å². The number of hydrogen-bond donors (Lipinski definition) is 2. The number of anilines is 1. The second-order valence-corrected chi connectivity index (χ2v) is 5.92. The maximum atomic E-state index is 12.1. The standard InChI is InChI=1S/C19H16ClN3O3/c20-14-4-6-16(7-5-14)26-11-10-18(24)21-15-3-1-2-13(12-15)17-8-9-19(25)23-22-17/h1-9,12H,10-11H2,(H,21,24)(H,23,25). The van der Waals surface area contributed by atoms with Gasteiger partial charge in [-0.15, -0.1) is 0 Å². The number of carbonyl (C=O) groups excluding carboxylic acids is 1. The Kier molecular flexibility index (Phi) is 5.66. The van der Waals surface area contributed by atoms with Gasteiger partial charge in [0, 0.05) is 22.3 Å². The maximum absolute atomic E-state index is 12.1. The highest BCUT2D eigenvalue weighted by atomic mass is 35.5. The first kappa shape index (κ1) is 17.7. The first-order valence-electron chi connectivity index (χ1n) is 7.94. The minimum atomic E-state index is -0.265. The van der Waals surface area contributed by atoms with E-state index < -0.39 is 0 Å². The van der Waals surface area contributed by atoms with Gasteiger partial charge in [-0.25, -0.2) is 5.10 Å². The maximum Gasteiger partial charge on any atom is 0.264 e. The van der Waals surface area contributed by atoms with E-state index >= 15 is 0 Å². The van der Waals surface area contributed by atoms with Gasteiger partial charge < -0.3 is 10.1 Å². The Morgan fingerprint density at radius 2 is 1.92 bits per heavy atom. The van der Waals surface area contributed by atoms with Gasteiger partial charge in [-0.1, -0.05) is 23.7 Å². The number of nitrogens with zero attached hydrogens (tertiary/aromatic N) is 1. The van der Waals surface area contributed by atoms with Gasteiger partial charge in [0.2, 0.25) is 5.91 Å². The predicted octanol–water partition coefficient (Wildman–Crippen LogP) is 3.50. The molecule has 0 atom stereocenters. The van der Waals surface area contributed by atoms with Crippen molar-refractivity contribution in [3.8, 4) is 17.0 Å². The summed E-state index contributed by atoms with van der Waals surface area (Å²) in [4.78, 5) is 23.2. The number of aromatic amines is 1. The van der Waals surface area contributed by atoms with E-state index in [-0.39, 0.29) is 24.5 Å². The van der Waals surface area contributed by atoms with Gasteiger partial charge in [0.15, 0.2) is 0 Å². The van der Waals surface area contributed by atoms with Crippen LogP contribution in [0.1, 0.15) is 6.42 Å². The van der Waals surface area contributed by atoms with Crippen molar-refractivity contribution in [3.05, 3.63) is 76.0 Å². The van der Waals surface area contributed by atoms with Crippen LogP contribution in [0.15, 0.2) is 65.5 Å². The summed E-state index contributed by atoms with van der Waals surface area (Å²) < 4.78 is 5.51. The normalized spacial score (nSPS) is 10.3. The average molecular weight is 370 g/mol. The largest absolute Gasteiger partial charge is 0.493 e. The molecule has 0 saturated carbocycles. The molecular weight excluding hydrogens is 354 g/mol. The average Bonchev–Trinajstić information content (AvgIpc) is 2.64. The van der Waals surface area contributed by atoms with Crippen LogP contribution in [0, 0.1) is 0 Å². The van der Waals surface area contributed by atoms with Crippen molar-refractivity contribution in [2.75, 3.05) is 11.9 Å². The third-order valence-corrected chi connectivity index (χ3v) is 3.78. The number of benzene rings is 2. The minimum Gasteiger partial charge on any atom is -0.493 e. The number of carbonyl (C=O) groups is 1. The molecule has 3 aromatic rings. The van der Waals surface area contributed by atoms with Gasteiger partial charge in [-0.05, 0) is 42.5 Å². The van der Waals surface area contributed by atoms with Crippen LogP contribution in [-0.4, -0.2) is 22.7 Å². The highest BCUT2D eigenvalue weighted by molar-refractivity contribution is 6.30.